The smallest absolute Gasteiger partial charge is 0.376 e. The van der Waals surface area contributed by atoms with E-state index in [1.807, 2.05) is 6.92 Å². The van der Waals surface area contributed by atoms with Gasteiger partial charge in [0.2, 0.25) is 5.88 Å². The van der Waals surface area contributed by atoms with Crippen LogP contribution in [0.5, 0.6) is 5.88 Å². The lowest BCUT2D eigenvalue weighted by molar-refractivity contribution is 0.363. The fraction of sp³-hybridized carbons (Fsp3) is 0.429. The Kier molecular flexibility index (Phi) is 3.95. The Morgan fingerprint density at radius 2 is 2.29 bits per heavy atom. The normalized spacial score (nSPS) is 11.4. The summed E-state index contributed by atoms with van der Waals surface area (Å²) in [5.74, 6) is 0.713. The fourth-order valence-electron chi connectivity index (χ4n) is 0.897. The second kappa shape index (κ2) is 4.79. The van der Waals surface area contributed by atoms with Crippen LogP contribution in [0.3, 0.4) is 0 Å². The predicted octanol–water partition coefficient (Wildman–Crippen LogP) is 1.02. The van der Waals surface area contributed by atoms with Gasteiger partial charge in [0.15, 0.2) is 0 Å². The highest BCUT2D eigenvalue weighted by Gasteiger charge is 2.11. The van der Waals surface area contributed by atoms with Crippen molar-refractivity contribution in [3.8, 4) is 5.88 Å². The first-order valence-electron chi connectivity index (χ1n) is 4.08. The molecule has 0 aliphatic rings. The third kappa shape index (κ3) is 4.11. The lowest BCUT2D eigenvalue weighted by Crippen LogP contribution is -1.98. The van der Waals surface area contributed by atoms with E-state index in [4.69, 9.17) is 9.79 Å². The minimum absolute atomic E-state index is 0.108. The second-order valence-corrected chi connectivity index (χ2v) is 5.23. The van der Waals surface area contributed by atoms with E-state index in [-0.39, 0.29) is 5.88 Å². The zero-order valence-corrected chi connectivity index (χ0v) is 9.33. The summed E-state index contributed by atoms with van der Waals surface area (Å²) >= 11 is 4.31. The summed E-state index contributed by atoms with van der Waals surface area (Å²) in [7, 11) is 0. The van der Waals surface area contributed by atoms with Crippen molar-refractivity contribution in [1.82, 2.24) is 9.97 Å². The molecule has 7 heteroatoms. The van der Waals surface area contributed by atoms with Gasteiger partial charge in [0.1, 0.15) is 5.82 Å². The number of aryl methyl sites for hydroxylation is 1. The fourth-order valence-corrected chi connectivity index (χ4v) is 1.47. The summed E-state index contributed by atoms with van der Waals surface area (Å²) in [6, 6.07) is 1.44. The molecule has 1 aromatic heterocycles. The van der Waals surface area contributed by atoms with Gasteiger partial charge in [0, 0.05) is 30.5 Å². The van der Waals surface area contributed by atoms with Crippen LogP contribution in [0, 0.1) is 0 Å². The van der Waals surface area contributed by atoms with Crippen molar-refractivity contribution >= 4 is 18.5 Å². The van der Waals surface area contributed by atoms with Crippen molar-refractivity contribution in [3.05, 3.63) is 18.1 Å². The Balaban J connectivity index is 2.78. The van der Waals surface area contributed by atoms with Crippen LogP contribution in [0.15, 0.2) is 12.3 Å². The summed E-state index contributed by atoms with van der Waals surface area (Å²) in [5.41, 5.74) is 0. The van der Waals surface area contributed by atoms with E-state index >= 15 is 0 Å². The molecule has 5 nitrogen and oxygen atoms in total. The van der Waals surface area contributed by atoms with E-state index in [1.165, 1.54) is 12.3 Å². The Bertz CT molecular complexity index is 355. The average molecular weight is 234 g/mol. The maximum Gasteiger partial charge on any atom is 0.376 e. The summed E-state index contributed by atoms with van der Waals surface area (Å²) < 4.78 is 4.67. The molecule has 0 radical (unpaired) electrons. The largest absolute Gasteiger partial charge is 0.406 e. The van der Waals surface area contributed by atoms with Crippen molar-refractivity contribution < 1.29 is 14.3 Å². The number of rotatable bonds is 4. The number of hydrogen-bond acceptors (Lipinski definition) is 4. The third-order valence-corrected chi connectivity index (χ3v) is 2.01. The number of aromatic nitrogens is 2. The maximum atomic E-state index is 8.89. The molecule has 0 bridgehead atoms. The zero-order valence-electron chi connectivity index (χ0n) is 7.62. The monoisotopic (exact) mass is 234 g/mol. The van der Waals surface area contributed by atoms with Crippen molar-refractivity contribution in [2.45, 2.75) is 19.8 Å². The van der Waals surface area contributed by atoms with Gasteiger partial charge in [-0.25, -0.2) is 4.98 Å². The molecule has 0 fully saturated rings. The van der Waals surface area contributed by atoms with Crippen LogP contribution in [0.25, 0.3) is 0 Å². The molecule has 0 aliphatic heterocycles. The van der Waals surface area contributed by atoms with E-state index in [2.05, 4.69) is 26.3 Å². The predicted molar refractivity (Wildman–Crippen MR) is 55.4 cm³/mol. The molecule has 0 amide bonds. The first kappa shape index (κ1) is 11.5. The Morgan fingerprint density at radius 3 is 2.86 bits per heavy atom. The van der Waals surface area contributed by atoms with Crippen LogP contribution in [-0.4, -0.2) is 19.8 Å². The van der Waals surface area contributed by atoms with E-state index in [0.29, 0.717) is 5.82 Å². The molecule has 2 N–H and O–H groups in total. The van der Waals surface area contributed by atoms with Crippen LogP contribution in [0.2, 0.25) is 0 Å². The van der Waals surface area contributed by atoms with E-state index in [9.17, 15) is 0 Å². The highest BCUT2D eigenvalue weighted by molar-refractivity contribution is 8.06. The highest BCUT2D eigenvalue weighted by Crippen LogP contribution is 2.36. The molecule has 78 valence electrons. The van der Waals surface area contributed by atoms with Crippen molar-refractivity contribution in [3.63, 3.8) is 0 Å². The Morgan fingerprint density at radius 1 is 1.57 bits per heavy atom. The standard InChI is InChI=1S/C7H11N2O3PS/c1-2-3-6-8-5-4-7(9-6)12-13(10,11)14/h4-5H,2-3H2,1H3,(H2,10,11,14). The molecule has 0 atom stereocenters. The Hall–Kier alpha value is -0.550. The van der Waals surface area contributed by atoms with Gasteiger partial charge >= 0.3 is 6.72 Å². The molecule has 1 rings (SSSR count). The lowest BCUT2D eigenvalue weighted by atomic mass is 10.3. The second-order valence-electron chi connectivity index (χ2n) is 2.64. The van der Waals surface area contributed by atoms with Gasteiger partial charge in [-0.2, -0.15) is 4.98 Å². The molecule has 0 aliphatic carbocycles. The highest BCUT2D eigenvalue weighted by atomic mass is 32.5. The van der Waals surface area contributed by atoms with E-state index in [0.717, 1.165) is 12.8 Å². The average Bonchev–Trinajstić information content (AvgIpc) is 2.02. The molecule has 0 unspecified atom stereocenters. The van der Waals surface area contributed by atoms with Crippen molar-refractivity contribution in [2.75, 3.05) is 0 Å². The quantitative estimate of drug-likeness (QED) is 0.757. The van der Waals surface area contributed by atoms with Gasteiger partial charge in [0.25, 0.3) is 0 Å². The summed E-state index contributed by atoms with van der Waals surface area (Å²) in [5, 5.41) is 0. The molecule has 1 aromatic rings. The molecular formula is C7H11N2O3PS. The van der Waals surface area contributed by atoms with Gasteiger partial charge in [-0.3, -0.25) is 0 Å². The van der Waals surface area contributed by atoms with Gasteiger partial charge in [-0.1, -0.05) is 6.92 Å². The molecule has 0 aromatic carbocycles. The van der Waals surface area contributed by atoms with Crippen LogP contribution in [0.4, 0.5) is 0 Å². The van der Waals surface area contributed by atoms with Crippen LogP contribution in [0.1, 0.15) is 19.2 Å². The molecule has 0 saturated carbocycles. The maximum absolute atomic E-state index is 8.89. The third-order valence-electron chi connectivity index (χ3n) is 1.37. The SMILES string of the molecule is CCCc1nccc(OP(O)(O)=S)n1. The molecule has 14 heavy (non-hydrogen) atoms. The molecule has 0 spiro atoms. The first-order chi connectivity index (χ1) is 6.51. The minimum Gasteiger partial charge on any atom is -0.406 e. The molecule has 1 heterocycles. The summed E-state index contributed by atoms with van der Waals surface area (Å²) in [6.07, 6.45) is 3.13. The molecule has 0 saturated heterocycles. The minimum atomic E-state index is -3.68. The zero-order chi connectivity index (χ0) is 10.6. The van der Waals surface area contributed by atoms with Gasteiger partial charge in [-0.15, -0.1) is 0 Å². The van der Waals surface area contributed by atoms with Crippen molar-refractivity contribution in [1.29, 1.82) is 0 Å². The van der Waals surface area contributed by atoms with Crippen LogP contribution < -0.4 is 4.52 Å². The Labute approximate surface area is 87.0 Å². The molecular weight excluding hydrogens is 223 g/mol. The first-order valence-corrected chi connectivity index (χ1v) is 6.71. The number of nitrogens with zero attached hydrogens (tertiary/aromatic N) is 2. The summed E-state index contributed by atoms with van der Waals surface area (Å²) in [6.45, 7) is -1.68. The van der Waals surface area contributed by atoms with Gasteiger partial charge in [-0.05, 0) is 6.42 Å². The summed E-state index contributed by atoms with van der Waals surface area (Å²) in [4.78, 5) is 25.7. The van der Waals surface area contributed by atoms with Crippen LogP contribution in [-0.2, 0) is 18.2 Å². The van der Waals surface area contributed by atoms with Gasteiger partial charge < -0.3 is 14.3 Å². The van der Waals surface area contributed by atoms with E-state index in [1.54, 1.807) is 0 Å². The topological polar surface area (TPSA) is 75.5 Å². The van der Waals surface area contributed by atoms with Crippen molar-refractivity contribution in [2.24, 2.45) is 0 Å². The number of hydrogen-bond donors (Lipinski definition) is 2. The van der Waals surface area contributed by atoms with E-state index < -0.39 is 6.72 Å². The van der Waals surface area contributed by atoms with Gasteiger partial charge in [0.05, 0.1) is 0 Å². The van der Waals surface area contributed by atoms with Crippen LogP contribution >= 0.6 is 6.72 Å². The lowest BCUT2D eigenvalue weighted by Gasteiger charge is -2.08.